The molecule has 146 valence electrons. The van der Waals surface area contributed by atoms with Crippen molar-refractivity contribution < 1.29 is 9.53 Å². The Morgan fingerprint density at radius 3 is 2.61 bits per heavy atom. The summed E-state index contributed by atoms with van der Waals surface area (Å²) in [4.78, 5) is 31.5. The Balaban J connectivity index is 1.42. The first-order valence-corrected chi connectivity index (χ1v) is 9.46. The maximum atomic E-state index is 12.5. The van der Waals surface area contributed by atoms with Crippen LogP contribution in [0.3, 0.4) is 0 Å². The minimum atomic E-state index is -0.347. The number of rotatable bonds is 3. The molecule has 2 aromatic carbocycles. The summed E-state index contributed by atoms with van der Waals surface area (Å²) in [7, 11) is 3.89. The van der Waals surface area contributed by atoms with Gasteiger partial charge in [-0.15, -0.1) is 0 Å². The number of benzene rings is 2. The summed E-state index contributed by atoms with van der Waals surface area (Å²) in [5.74, 6) is 0.533. The summed E-state index contributed by atoms with van der Waals surface area (Å²) in [6.07, 6.45) is 1.09. The lowest BCUT2D eigenvalue weighted by Crippen LogP contribution is -2.41. The van der Waals surface area contributed by atoms with Crippen molar-refractivity contribution >= 4 is 22.8 Å². The number of hydrogen-bond acceptors (Lipinski definition) is 4. The number of carbonyl (C=O) groups excluding carboxylic acids is 1. The number of imidazole rings is 1. The Labute approximate surface area is 163 Å². The van der Waals surface area contributed by atoms with Crippen LogP contribution in [0, 0.1) is 0 Å². The van der Waals surface area contributed by atoms with Gasteiger partial charge in [-0.05, 0) is 37.1 Å². The van der Waals surface area contributed by atoms with Crippen LogP contribution in [0.5, 0.6) is 5.75 Å². The van der Waals surface area contributed by atoms with Gasteiger partial charge < -0.3 is 19.5 Å². The topological polar surface area (TPSA) is 70.6 Å². The standard InChI is InChI=1S/C21H24N4O3/c1-23(2)16-6-5-7-17(14-16)28-21(27)24-12-10-15(11-13-24)25-19-9-4-3-8-18(19)22-20(25)26/h3-9,14-15H,10-13H2,1-2H3,(H,22,26). The first-order chi connectivity index (χ1) is 13.5. The second kappa shape index (κ2) is 7.42. The number of likely N-dealkylation sites (tertiary alicyclic amines) is 1. The number of ether oxygens (including phenoxy) is 1. The van der Waals surface area contributed by atoms with Gasteiger partial charge in [-0.25, -0.2) is 9.59 Å². The monoisotopic (exact) mass is 380 g/mol. The first kappa shape index (κ1) is 18.2. The fourth-order valence-electron chi connectivity index (χ4n) is 3.73. The van der Waals surface area contributed by atoms with Gasteiger partial charge in [-0.1, -0.05) is 18.2 Å². The van der Waals surface area contributed by atoms with E-state index in [0.29, 0.717) is 31.7 Å². The Morgan fingerprint density at radius 2 is 1.86 bits per heavy atom. The molecule has 0 spiro atoms. The third-order valence-corrected chi connectivity index (χ3v) is 5.25. The van der Waals surface area contributed by atoms with Crippen molar-refractivity contribution in [2.75, 3.05) is 32.1 Å². The van der Waals surface area contributed by atoms with Gasteiger partial charge in [-0.2, -0.15) is 0 Å². The molecule has 3 aromatic rings. The third kappa shape index (κ3) is 3.47. The normalized spacial score (nSPS) is 15.0. The van der Waals surface area contributed by atoms with E-state index < -0.39 is 0 Å². The van der Waals surface area contributed by atoms with Crippen molar-refractivity contribution in [3.05, 3.63) is 59.0 Å². The van der Waals surface area contributed by atoms with Crippen LogP contribution >= 0.6 is 0 Å². The number of nitrogens with zero attached hydrogens (tertiary/aromatic N) is 3. The minimum absolute atomic E-state index is 0.0739. The summed E-state index contributed by atoms with van der Waals surface area (Å²) >= 11 is 0. The summed E-state index contributed by atoms with van der Waals surface area (Å²) in [5, 5.41) is 0. The molecule has 7 heteroatoms. The molecule has 1 aliphatic heterocycles. The maximum absolute atomic E-state index is 12.5. The Morgan fingerprint density at radius 1 is 1.11 bits per heavy atom. The van der Waals surface area contributed by atoms with Crippen LogP contribution in [0.25, 0.3) is 11.0 Å². The number of H-pyrrole nitrogens is 1. The van der Waals surface area contributed by atoms with E-state index in [1.165, 1.54) is 0 Å². The molecule has 1 saturated heterocycles. The van der Waals surface area contributed by atoms with Crippen LogP contribution in [-0.2, 0) is 0 Å². The van der Waals surface area contributed by atoms with Crippen LogP contribution in [0.2, 0.25) is 0 Å². The van der Waals surface area contributed by atoms with Crippen molar-refractivity contribution in [2.45, 2.75) is 18.9 Å². The van der Waals surface area contributed by atoms with Gasteiger partial charge in [0.15, 0.2) is 0 Å². The van der Waals surface area contributed by atoms with E-state index in [4.69, 9.17) is 4.74 Å². The van der Waals surface area contributed by atoms with E-state index >= 15 is 0 Å². The van der Waals surface area contributed by atoms with Crippen LogP contribution in [0.4, 0.5) is 10.5 Å². The zero-order valence-corrected chi connectivity index (χ0v) is 16.1. The highest BCUT2D eigenvalue weighted by Gasteiger charge is 2.27. The van der Waals surface area contributed by atoms with E-state index in [0.717, 1.165) is 16.7 Å². The highest BCUT2D eigenvalue weighted by molar-refractivity contribution is 5.75. The minimum Gasteiger partial charge on any atom is -0.410 e. The number of amides is 1. The lowest BCUT2D eigenvalue weighted by molar-refractivity contribution is 0.132. The molecule has 1 amide bonds. The molecule has 0 atom stereocenters. The van der Waals surface area contributed by atoms with Gasteiger partial charge >= 0.3 is 11.8 Å². The molecule has 7 nitrogen and oxygen atoms in total. The zero-order chi connectivity index (χ0) is 19.7. The molecule has 2 heterocycles. The van der Waals surface area contributed by atoms with Crippen LogP contribution in [-0.4, -0.2) is 47.7 Å². The fourth-order valence-corrected chi connectivity index (χ4v) is 3.73. The van der Waals surface area contributed by atoms with Gasteiger partial charge in [0.25, 0.3) is 0 Å². The van der Waals surface area contributed by atoms with Gasteiger partial charge in [0.1, 0.15) is 5.75 Å². The molecule has 0 saturated carbocycles. The fraction of sp³-hybridized carbons (Fsp3) is 0.333. The molecule has 4 rings (SSSR count). The zero-order valence-electron chi connectivity index (χ0n) is 16.1. The van der Waals surface area contributed by atoms with E-state index in [1.54, 1.807) is 11.0 Å². The molecule has 0 aliphatic carbocycles. The number of carbonyl (C=O) groups is 1. The Hall–Kier alpha value is -3.22. The van der Waals surface area contributed by atoms with Crippen LogP contribution in [0.1, 0.15) is 18.9 Å². The molecular weight excluding hydrogens is 356 g/mol. The smallest absolute Gasteiger partial charge is 0.410 e. The highest BCUT2D eigenvalue weighted by Crippen LogP contribution is 2.26. The van der Waals surface area contributed by atoms with Crippen molar-refractivity contribution in [3.63, 3.8) is 0 Å². The number of aromatic nitrogens is 2. The molecular formula is C21H24N4O3. The lowest BCUT2D eigenvalue weighted by atomic mass is 10.0. The highest BCUT2D eigenvalue weighted by atomic mass is 16.6. The SMILES string of the molecule is CN(C)c1cccc(OC(=O)N2CCC(n3c(=O)[nH]c4ccccc43)CC2)c1. The second-order valence-electron chi connectivity index (χ2n) is 7.30. The average Bonchev–Trinajstić information content (AvgIpc) is 3.04. The second-order valence-corrected chi connectivity index (χ2v) is 7.30. The third-order valence-electron chi connectivity index (χ3n) is 5.25. The van der Waals surface area contributed by atoms with E-state index in [1.807, 2.05) is 66.0 Å². The summed E-state index contributed by atoms with van der Waals surface area (Å²) in [6, 6.07) is 15.2. The number of aromatic amines is 1. The molecule has 0 unspecified atom stereocenters. The average molecular weight is 380 g/mol. The maximum Gasteiger partial charge on any atom is 0.415 e. The van der Waals surface area contributed by atoms with Crippen LogP contribution in [0.15, 0.2) is 53.3 Å². The number of piperidine rings is 1. The quantitative estimate of drug-likeness (QED) is 0.757. The Kier molecular flexibility index (Phi) is 4.81. The summed E-state index contributed by atoms with van der Waals surface area (Å²) in [6.45, 7) is 1.12. The van der Waals surface area contributed by atoms with Gasteiger partial charge in [0.05, 0.1) is 11.0 Å². The molecule has 1 aromatic heterocycles. The number of anilines is 1. The first-order valence-electron chi connectivity index (χ1n) is 9.46. The molecule has 28 heavy (non-hydrogen) atoms. The summed E-state index contributed by atoms with van der Waals surface area (Å²) in [5.41, 5.74) is 2.63. The molecule has 1 N–H and O–H groups in total. The van der Waals surface area contributed by atoms with Crippen molar-refractivity contribution in [2.24, 2.45) is 0 Å². The van der Waals surface area contributed by atoms with E-state index in [9.17, 15) is 9.59 Å². The summed E-state index contributed by atoms with van der Waals surface area (Å²) < 4.78 is 7.37. The predicted molar refractivity (Wildman–Crippen MR) is 109 cm³/mol. The number of fused-ring (bicyclic) bond motifs is 1. The van der Waals surface area contributed by atoms with E-state index in [2.05, 4.69) is 4.98 Å². The van der Waals surface area contributed by atoms with Crippen molar-refractivity contribution in [3.8, 4) is 5.75 Å². The predicted octanol–water partition coefficient (Wildman–Crippen LogP) is 3.23. The molecule has 1 fully saturated rings. The number of para-hydroxylation sites is 2. The molecule has 0 bridgehead atoms. The molecule has 1 aliphatic rings. The van der Waals surface area contributed by atoms with Gasteiger partial charge in [0.2, 0.25) is 0 Å². The van der Waals surface area contributed by atoms with Crippen LogP contribution < -0.4 is 15.3 Å². The van der Waals surface area contributed by atoms with Crippen molar-refractivity contribution in [1.29, 1.82) is 0 Å². The largest absolute Gasteiger partial charge is 0.415 e. The van der Waals surface area contributed by atoms with Crippen molar-refractivity contribution in [1.82, 2.24) is 14.5 Å². The number of hydrogen-bond donors (Lipinski definition) is 1. The van der Waals surface area contributed by atoms with Gasteiger partial charge in [-0.3, -0.25) is 4.57 Å². The Bertz CT molecular complexity index is 1040. The van der Waals surface area contributed by atoms with Gasteiger partial charge in [0, 0.05) is 45.0 Å². The lowest BCUT2D eigenvalue weighted by Gasteiger charge is -2.31. The van der Waals surface area contributed by atoms with E-state index in [-0.39, 0.29) is 17.8 Å². The molecule has 0 radical (unpaired) electrons. The number of nitrogens with one attached hydrogen (secondary N) is 1.